The summed E-state index contributed by atoms with van der Waals surface area (Å²) >= 11 is 0. The molecule has 4 unspecified atom stereocenters. The van der Waals surface area contributed by atoms with E-state index in [1.165, 1.54) is 32.4 Å². The van der Waals surface area contributed by atoms with E-state index < -0.39 is 0 Å². The summed E-state index contributed by atoms with van der Waals surface area (Å²) in [7, 11) is 2.28. The van der Waals surface area contributed by atoms with Crippen molar-refractivity contribution in [3.05, 3.63) is 0 Å². The van der Waals surface area contributed by atoms with Gasteiger partial charge in [-0.1, -0.05) is 13.8 Å². The van der Waals surface area contributed by atoms with Gasteiger partial charge in [-0.2, -0.15) is 0 Å². The molecule has 0 aromatic heterocycles. The summed E-state index contributed by atoms with van der Waals surface area (Å²) in [5.41, 5.74) is 0. The second kappa shape index (κ2) is 6.88. The lowest BCUT2D eigenvalue weighted by Gasteiger charge is -2.29. The topological polar surface area (TPSA) is 24.5 Å². The molecule has 1 heterocycles. The van der Waals surface area contributed by atoms with Crippen molar-refractivity contribution >= 4 is 0 Å². The molecule has 0 aromatic rings. The van der Waals surface area contributed by atoms with Crippen molar-refractivity contribution in [2.24, 2.45) is 17.8 Å². The molecule has 106 valence electrons. The van der Waals surface area contributed by atoms with E-state index in [1.807, 2.05) is 0 Å². The first-order valence-electron chi connectivity index (χ1n) is 7.70. The molecule has 2 aliphatic rings. The molecule has 3 heteroatoms. The quantitative estimate of drug-likeness (QED) is 0.717. The van der Waals surface area contributed by atoms with E-state index >= 15 is 0 Å². The molecule has 4 atom stereocenters. The molecule has 1 saturated carbocycles. The van der Waals surface area contributed by atoms with Gasteiger partial charge in [-0.05, 0) is 44.7 Å². The maximum absolute atomic E-state index is 5.55. The van der Waals surface area contributed by atoms with Crippen molar-refractivity contribution in [3.63, 3.8) is 0 Å². The summed E-state index contributed by atoms with van der Waals surface area (Å²) < 4.78 is 5.55. The number of ether oxygens (including phenoxy) is 1. The SMILES string of the molecule is CCCNC(CN(C)CC1CC1C)C1CCOC1. The van der Waals surface area contributed by atoms with Gasteiger partial charge in [0.25, 0.3) is 0 Å². The molecule has 1 N–H and O–H groups in total. The van der Waals surface area contributed by atoms with Gasteiger partial charge in [-0.25, -0.2) is 0 Å². The number of nitrogens with one attached hydrogen (secondary N) is 1. The minimum absolute atomic E-state index is 0.617. The second-order valence-corrected chi connectivity index (χ2v) is 6.38. The van der Waals surface area contributed by atoms with Crippen molar-refractivity contribution in [3.8, 4) is 0 Å². The highest BCUT2D eigenvalue weighted by Crippen LogP contribution is 2.38. The minimum Gasteiger partial charge on any atom is -0.381 e. The Balaban J connectivity index is 1.75. The van der Waals surface area contributed by atoms with Gasteiger partial charge in [-0.3, -0.25) is 0 Å². The zero-order valence-electron chi connectivity index (χ0n) is 12.3. The van der Waals surface area contributed by atoms with Crippen LogP contribution in [0.25, 0.3) is 0 Å². The lowest BCUT2D eigenvalue weighted by molar-refractivity contribution is 0.165. The molecule has 0 radical (unpaired) electrons. The van der Waals surface area contributed by atoms with Crippen LogP contribution in [-0.2, 0) is 4.74 Å². The van der Waals surface area contributed by atoms with E-state index in [9.17, 15) is 0 Å². The lowest BCUT2D eigenvalue weighted by atomic mass is 9.98. The summed E-state index contributed by atoms with van der Waals surface area (Å²) in [5.74, 6) is 2.64. The van der Waals surface area contributed by atoms with E-state index in [-0.39, 0.29) is 0 Å². The van der Waals surface area contributed by atoms with E-state index in [2.05, 4.69) is 31.1 Å². The highest BCUT2D eigenvalue weighted by atomic mass is 16.5. The van der Waals surface area contributed by atoms with E-state index in [4.69, 9.17) is 4.74 Å². The highest BCUT2D eigenvalue weighted by molar-refractivity contribution is 4.87. The van der Waals surface area contributed by atoms with Gasteiger partial charge in [0.05, 0.1) is 6.61 Å². The molecule has 0 bridgehead atoms. The first kappa shape index (κ1) is 14.3. The summed E-state index contributed by atoms with van der Waals surface area (Å²) in [6.45, 7) is 10.1. The summed E-state index contributed by atoms with van der Waals surface area (Å²) in [5, 5.41) is 3.73. The van der Waals surface area contributed by atoms with Gasteiger partial charge in [0.1, 0.15) is 0 Å². The fraction of sp³-hybridized carbons (Fsp3) is 1.00. The van der Waals surface area contributed by atoms with Gasteiger partial charge in [0, 0.05) is 31.7 Å². The summed E-state index contributed by atoms with van der Waals surface area (Å²) in [6, 6.07) is 0.617. The Kier molecular flexibility index (Phi) is 5.46. The first-order chi connectivity index (χ1) is 8.70. The van der Waals surface area contributed by atoms with Crippen LogP contribution in [0.4, 0.5) is 0 Å². The molecule has 2 rings (SSSR count). The fourth-order valence-corrected chi connectivity index (χ4v) is 3.04. The molecule has 1 aliphatic heterocycles. The third-order valence-electron chi connectivity index (χ3n) is 4.52. The lowest BCUT2D eigenvalue weighted by Crippen LogP contribution is -2.45. The van der Waals surface area contributed by atoms with Crippen molar-refractivity contribution < 1.29 is 4.74 Å². The van der Waals surface area contributed by atoms with Gasteiger partial charge >= 0.3 is 0 Å². The Bertz CT molecular complexity index is 241. The molecule has 0 spiro atoms. The normalized spacial score (nSPS) is 33.0. The van der Waals surface area contributed by atoms with Crippen molar-refractivity contribution in [2.45, 2.75) is 39.2 Å². The van der Waals surface area contributed by atoms with E-state index in [1.54, 1.807) is 0 Å². The standard InChI is InChI=1S/C15H30N2O/c1-4-6-16-15(13-5-7-18-11-13)10-17(3)9-14-8-12(14)2/h12-16H,4-11H2,1-3H3. The van der Waals surface area contributed by atoms with Crippen LogP contribution >= 0.6 is 0 Å². The van der Waals surface area contributed by atoms with Crippen molar-refractivity contribution in [1.29, 1.82) is 0 Å². The molecule has 0 amide bonds. The van der Waals surface area contributed by atoms with Gasteiger partial charge < -0.3 is 15.0 Å². The average molecular weight is 254 g/mol. The maximum Gasteiger partial charge on any atom is 0.0510 e. The van der Waals surface area contributed by atoms with Crippen LogP contribution in [0.15, 0.2) is 0 Å². The summed E-state index contributed by atoms with van der Waals surface area (Å²) in [4.78, 5) is 2.53. The highest BCUT2D eigenvalue weighted by Gasteiger charge is 2.34. The van der Waals surface area contributed by atoms with Crippen LogP contribution in [0.1, 0.15) is 33.1 Å². The van der Waals surface area contributed by atoms with E-state index in [0.29, 0.717) is 6.04 Å². The van der Waals surface area contributed by atoms with Gasteiger partial charge in [-0.15, -0.1) is 0 Å². The minimum atomic E-state index is 0.617. The Morgan fingerprint density at radius 1 is 1.44 bits per heavy atom. The van der Waals surface area contributed by atoms with Crippen molar-refractivity contribution in [2.75, 3.05) is 39.9 Å². The van der Waals surface area contributed by atoms with Crippen LogP contribution in [-0.4, -0.2) is 50.8 Å². The van der Waals surface area contributed by atoms with Crippen LogP contribution in [0.3, 0.4) is 0 Å². The largest absolute Gasteiger partial charge is 0.381 e. The van der Waals surface area contributed by atoms with Crippen LogP contribution < -0.4 is 5.32 Å². The Labute approximate surface area is 112 Å². The molecule has 18 heavy (non-hydrogen) atoms. The van der Waals surface area contributed by atoms with Crippen LogP contribution in [0, 0.1) is 17.8 Å². The monoisotopic (exact) mass is 254 g/mol. The number of rotatable bonds is 8. The molecular formula is C15H30N2O. The zero-order valence-corrected chi connectivity index (χ0v) is 12.3. The Hall–Kier alpha value is -0.120. The van der Waals surface area contributed by atoms with Crippen LogP contribution in [0.2, 0.25) is 0 Å². The smallest absolute Gasteiger partial charge is 0.0510 e. The third kappa shape index (κ3) is 4.22. The summed E-state index contributed by atoms with van der Waals surface area (Å²) in [6.07, 6.45) is 3.88. The molecule has 0 aromatic carbocycles. The molecule has 1 saturated heterocycles. The van der Waals surface area contributed by atoms with E-state index in [0.717, 1.165) is 37.5 Å². The number of likely N-dealkylation sites (N-methyl/N-ethyl adjacent to an activating group) is 1. The third-order valence-corrected chi connectivity index (χ3v) is 4.52. The predicted octanol–water partition coefficient (Wildman–Crippen LogP) is 1.98. The first-order valence-corrected chi connectivity index (χ1v) is 7.70. The Morgan fingerprint density at radius 2 is 2.22 bits per heavy atom. The second-order valence-electron chi connectivity index (χ2n) is 6.38. The average Bonchev–Trinajstić information content (AvgIpc) is 2.86. The Morgan fingerprint density at radius 3 is 2.78 bits per heavy atom. The number of nitrogens with zero attached hydrogens (tertiary/aromatic N) is 1. The predicted molar refractivity (Wildman–Crippen MR) is 75.8 cm³/mol. The molecular weight excluding hydrogens is 224 g/mol. The number of hydrogen-bond acceptors (Lipinski definition) is 3. The van der Waals surface area contributed by atoms with Gasteiger partial charge in [0.15, 0.2) is 0 Å². The maximum atomic E-state index is 5.55. The molecule has 3 nitrogen and oxygen atoms in total. The number of hydrogen-bond donors (Lipinski definition) is 1. The zero-order chi connectivity index (χ0) is 13.0. The fourth-order valence-electron chi connectivity index (χ4n) is 3.04. The van der Waals surface area contributed by atoms with Crippen molar-refractivity contribution in [1.82, 2.24) is 10.2 Å². The van der Waals surface area contributed by atoms with Gasteiger partial charge in [0.2, 0.25) is 0 Å². The molecule has 2 fully saturated rings. The van der Waals surface area contributed by atoms with Crippen LogP contribution in [0.5, 0.6) is 0 Å². The molecule has 1 aliphatic carbocycles.